The van der Waals surface area contributed by atoms with Crippen LogP contribution in [0.4, 0.5) is 5.95 Å². The van der Waals surface area contributed by atoms with Crippen LogP contribution in [0.15, 0.2) is 93.5 Å². The first kappa shape index (κ1) is 24.6. The zero-order chi connectivity index (χ0) is 25.4. The number of hydrogen-bond acceptors (Lipinski definition) is 8. The number of amides is 1. The smallest absolute Gasteiger partial charge is 0.271 e. The van der Waals surface area contributed by atoms with Gasteiger partial charge in [0, 0.05) is 23.5 Å². The number of anilines is 1. The quantitative estimate of drug-likeness (QED) is 0.245. The summed E-state index contributed by atoms with van der Waals surface area (Å²) in [5.74, 6) is 1.24. The first-order chi connectivity index (χ1) is 17.4. The van der Waals surface area contributed by atoms with E-state index in [1.54, 1.807) is 54.6 Å². The van der Waals surface area contributed by atoms with Gasteiger partial charge in [-0.3, -0.25) is 4.79 Å². The van der Waals surface area contributed by atoms with Crippen molar-refractivity contribution < 1.29 is 22.4 Å². The Morgan fingerprint density at radius 3 is 2.44 bits per heavy atom. The van der Waals surface area contributed by atoms with Crippen LogP contribution < -0.4 is 14.9 Å². The molecule has 1 amide bonds. The Hall–Kier alpha value is -4.51. The van der Waals surface area contributed by atoms with E-state index in [4.69, 9.17) is 9.15 Å². The standard InChI is InChI=1S/C25H23N5O5S/c1-2-16-34-20-8-4-19(5-9-20)24(31)29-28-17-21-10-13-23(35-21)18-6-11-22(12-7-18)36(32,33)30-25-26-14-3-15-27-25/h3-15,17H,2,16H2,1H3,(H,29,31)(H,26,27,30)/b28-17-. The third kappa shape index (κ3) is 6.33. The minimum absolute atomic E-state index is 0.0124. The first-order valence-electron chi connectivity index (χ1n) is 11.0. The molecule has 0 saturated carbocycles. The number of carbonyl (C=O) groups is 1. The minimum atomic E-state index is -3.83. The molecule has 11 heteroatoms. The topological polar surface area (TPSA) is 136 Å². The predicted octanol–water partition coefficient (Wildman–Crippen LogP) is 4.09. The molecule has 0 radical (unpaired) electrons. The minimum Gasteiger partial charge on any atom is -0.494 e. The number of rotatable bonds is 10. The number of hydrogen-bond donors (Lipinski definition) is 2. The van der Waals surface area contributed by atoms with Crippen molar-refractivity contribution >= 4 is 28.1 Å². The fourth-order valence-corrected chi connectivity index (χ4v) is 4.01. The molecular formula is C25H23N5O5S. The number of aromatic nitrogens is 2. The van der Waals surface area contributed by atoms with Gasteiger partial charge in [-0.1, -0.05) is 6.92 Å². The van der Waals surface area contributed by atoms with Crippen molar-refractivity contribution in [3.63, 3.8) is 0 Å². The van der Waals surface area contributed by atoms with E-state index in [2.05, 4.69) is 25.2 Å². The van der Waals surface area contributed by atoms with E-state index < -0.39 is 10.0 Å². The molecular weight excluding hydrogens is 482 g/mol. The Morgan fingerprint density at radius 1 is 1.03 bits per heavy atom. The molecule has 0 fully saturated rings. The van der Waals surface area contributed by atoms with Crippen LogP contribution in [0, 0.1) is 0 Å². The Bertz CT molecular complexity index is 1430. The number of nitrogens with zero attached hydrogens (tertiary/aromatic N) is 3. The van der Waals surface area contributed by atoms with Crippen molar-refractivity contribution in [3.8, 4) is 17.1 Å². The average Bonchev–Trinajstić information content (AvgIpc) is 3.37. The summed E-state index contributed by atoms with van der Waals surface area (Å²) in [7, 11) is -3.83. The van der Waals surface area contributed by atoms with Gasteiger partial charge in [-0.25, -0.2) is 28.5 Å². The molecule has 2 aromatic heterocycles. The monoisotopic (exact) mass is 505 g/mol. The number of nitrogens with one attached hydrogen (secondary N) is 2. The first-order valence-corrected chi connectivity index (χ1v) is 12.5. The SMILES string of the molecule is CCCOc1ccc(C(=O)N/N=C\c2ccc(-c3ccc(S(=O)(=O)Nc4ncccn4)cc3)o2)cc1. The highest BCUT2D eigenvalue weighted by Crippen LogP contribution is 2.24. The number of sulfonamides is 1. The Morgan fingerprint density at radius 2 is 1.75 bits per heavy atom. The lowest BCUT2D eigenvalue weighted by molar-refractivity contribution is 0.0955. The molecule has 0 atom stereocenters. The summed E-state index contributed by atoms with van der Waals surface area (Å²) in [6.07, 6.45) is 5.17. The second-order valence-electron chi connectivity index (χ2n) is 7.48. The molecule has 184 valence electrons. The van der Waals surface area contributed by atoms with Gasteiger partial charge >= 0.3 is 0 Å². The molecule has 0 unspecified atom stereocenters. The van der Waals surface area contributed by atoms with E-state index in [9.17, 15) is 13.2 Å². The van der Waals surface area contributed by atoms with E-state index in [-0.39, 0.29) is 16.8 Å². The fourth-order valence-electron chi connectivity index (χ4n) is 3.05. The molecule has 0 saturated heterocycles. The second-order valence-corrected chi connectivity index (χ2v) is 9.16. The molecule has 2 aromatic carbocycles. The van der Waals surface area contributed by atoms with Crippen LogP contribution in [0.2, 0.25) is 0 Å². The summed E-state index contributed by atoms with van der Waals surface area (Å²) >= 11 is 0. The third-order valence-corrected chi connectivity index (χ3v) is 6.16. The maximum atomic E-state index is 12.5. The molecule has 0 spiro atoms. The van der Waals surface area contributed by atoms with Crippen LogP contribution >= 0.6 is 0 Å². The van der Waals surface area contributed by atoms with Crippen LogP contribution in [0.3, 0.4) is 0 Å². The van der Waals surface area contributed by atoms with Gasteiger partial charge in [0.1, 0.15) is 17.3 Å². The van der Waals surface area contributed by atoms with Crippen molar-refractivity contribution in [3.05, 3.63) is 90.4 Å². The maximum Gasteiger partial charge on any atom is 0.271 e. The van der Waals surface area contributed by atoms with Gasteiger partial charge in [-0.05, 0) is 73.2 Å². The lowest BCUT2D eigenvalue weighted by Crippen LogP contribution is -2.17. The summed E-state index contributed by atoms with van der Waals surface area (Å²) in [4.78, 5) is 20.0. The number of benzene rings is 2. The summed E-state index contributed by atoms with van der Waals surface area (Å²) in [6, 6.07) is 17.9. The summed E-state index contributed by atoms with van der Waals surface area (Å²) in [5.41, 5.74) is 3.56. The van der Waals surface area contributed by atoms with Gasteiger partial charge in [-0.2, -0.15) is 5.10 Å². The van der Waals surface area contributed by atoms with Crippen molar-refractivity contribution in [1.29, 1.82) is 0 Å². The summed E-state index contributed by atoms with van der Waals surface area (Å²) in [5, 5.41) is 3.93. The lowest BCUT2D eigenvalue weighted by atomic mass is 10.2. The van der Waals surface area contributed by atoms with Crippen LogP contribution in [0.1, 0.15) is 29.5 Å². The van der Waals surface area contributed by atoms with Crippen LogP contribution in [0.5, 0.6) is 5.75 Å². The zero-order valence-electron chi connectivity index (χ0n) is 19.3. The number of carbonyl (C=O) groups excluding carboxylic acids is 1. The number of furan rings is 1. The van der Waals surface area contributed by atoms with Gasteiger partial charge in [0.05, 0.1) is 17.7 Å². The molecule has 0 aliphatic heterocycles. The van der Waals surface area contributed by atoms with Crippen molar-refractivity contribution in [2.24, 2.45) is 5.10 Å². The third-order valence-electron chi connectivity index (χ3n) is 4.81. The van der Waals surface area contributed by atoms with E-state index in [0.717, 1.165) is 6.42 Å². The maximum absolute atomic E-state index is 12.5. The van der Waals surface area contributed by atoms with Crippen molar-refractivity contribution in [1.82, 2.24) is 15.4 Å². The number of ether oxygens (including phenoxy) is 1. The molecule has 10 nitrogen and oxygen atoms in total. The van der Waals surface area contributed by atoms with E-state index in [1.807, 2.05) is 6.92 Å². The normalized spacial score (nSPS) is 11.4. The average molecular weight is 506 g/mol. The molecule has 0 bridgehead atoms. The highest BCUT2D eigenvalue weighted by Gasteiger charge is 2.16. The molecule has 2 heterocycles. The number of hydrazone groups is 1. The molecule has 4 aromatic rings. The van der Waals surface area contributed by atoms with Gasteiger partial charge in [0.25, 0.3) is 15.9 Å². The highest BCUT2D eigenvalue weighted by molar-refractivity contribution is 7.92. The lowest BCUT2D eigenvalue weighted by Gasteiger charge is -2.06. The Kier molecular flexibility index (Phi) is 7.71. The molecule has 2 N–H and O–H groups in total. The van der Waals surface area contributed by atoms with Crippen molar-refractivity contribution in [2.45, 2.75) is 18.2 Å². The largest absolute Gasteiger partial charge is 0.494 e. The highest BCUT2D eigenvalue weighted by atomic mass is 32.2. The predicted molar refractivity (Wildman–Crippen MR) is 134 cm³/mol. The van der Waals surface area contributed by atoms with E-state index in [1.165, 1.54) is 30.7 Å². The van der Waals surface area contributed by atoms with Gasteiger partial charge in [-0.15, -0.1) is 0 Å². The van der Waals surface area contributed by atoms with Crippen LogP contribution in [0.25, 0.3) is 11.3 Å². The van der Waals surface area contributed by atoms with E-state index >= 15 is 0 Å². The van der Waals surface area contributed by atoms with E-state index in [0.29, 0.717) is 35.0 Å². The van der Waals surface area contributed by atoms with Gasteiger partial charge < -0.3 is 9.15 Å². The summed E-state index contributed by atoms with van der Waals surface area (Å²) in [6.45, 7) is 2.64. The van der Waals surface area contributed by atoms with Crippen LogP contribution in [-0.2, 0) is 10.0 Å². The molecule has 0 aliphatic rings. The molecule has 36 heavy (non-hydrogen) atoms. The Labute approximate surface area is 208 Å². The fraction of sp³-hybridized carbons (Fsp3) is 0.120. The van der Waals surface area contributed by atoms with Crippen molar-refractivity contribution in [2.75, 3.05) is 11.3 Å². The molecule has 0 aliphatic carbocycles. The second kappa shape index (κ2) is 11.3. The van der Waals surface area contributed by atoms with Crippen LogP contribution in [-0.4, -0.2) is 37.1 Å². The Balaban J connectivity index is 1.35. The van der Waals surface area contributed by atoms with Gasteiger partial charge in [0.2, 0.25) is 5.95 Å². The van der Waals surface area contributed by atoms with Gasteiger partial charge in [0.15, 0.2) is 0 Å². The summed E-state index contributed by atoms with van der Waals surface area (Å²) < 4.78 is 38.6. The zero-order valence-corrected chi connectivity index (χ0v) is 20.1. The molecule has 4 rings (SSSR count).